The Morgan fingerprint density at radius 1 is 1.06 bits per heavy atom. The molecule has 0 bridgehead atoms. The first-order valence-electron chi connectivity index (χ1n) is 5.53. The van der Waals surface area contributed by atoms with Crippen LogP contribution in [0, 0.1) is 0 Å². The number of methoxy groups -OCH3 is 3. The molecule has 98 valence electrons. The topological polar surface area (TPSA) is 54.0 Å². The lowest BCUT2D eigenvalue weighted by Gasteiger charge is -2.19. The highest BCUT2D eigenvalue weighted by atomic mass is 16.6. The predicted molar refractivity (Wildman–Crippen MR) is 64.5 cm³/mol. The molecule has 0 spiro atoms. The van der Waals surface area contributed by atoms with Gasteiger partial charge in [0, 0.05) is 5.56 Å². The fourth-order valence-electron chi connectivity index (χ4n) is 2.17. The third kappa shape index (κ3) is 1.58. The van der Waals surface area contributed by atoms with Crippen molar-refractivity contribution >= 4 is 5.97 Å². The monoisotopic (exact) mass is 252 g/mol. The van der Waals surface area contributed by atoms with E-state index < -0.39 is 11.6 Å². The van der Waals surface area contributed by atoms with Gasteiger partial charge in [0.2, 0.25) is 5.75 Å². The van der Waals surface area contributed by atoms with E-state index in [1.807, 2.05) is 13.8 Å². The van der Waals surface area contributed by atoms with Crippen molar-refractivity contribution in [2.75, 3.05) is 21.3 Å². The van der Waals surface area contributed by atoms with E-state index in [4.69, 9.17) is 18.9 Å². The molecule has 0 radical (unpaired) electrons. The Kier molecular flexibility index (Phi) is 2.84. The van der Waals surface area contributed by atoms with Crippen LogP contribution in [0.1, 0.15) is 29.8 Å². The molecule has 1 heterocycles. The summed E-state index contributed by atoms with van der Waals surface area (Å²) in [5.74, 6) is 0.850. The van der Waals surface area contributed by atoms with E-state index in [2.05, 4.69) is 0 Å². The van der Waals surface area contributed by atoms with E-state index in [0.29, 0.717) is 22.8 Å². The number of rotatable bonds is 3. The number of benzene rings is 1. The fraction of sp³-hybridized carbons (Fsp3) is 0.462. The smallest absolute Gasteiger partial charge is 0.343 e. The zero-order valence-electron chi connectivity index (χ0n) is 11.1. The Morgan fingerprint density at radius 2 is 1.67 bits per heavy atom. The SMILES string of the molecule is COc1cc2c(c(OC)c1OC)C(=O)OC2(C)C. The number of hydrogen-bond acceptors (Lipinski definition) is 5. The molecule has 0 aliphatic carbocycles. The van der Waals surface area contributed by atoms with Gasteiger partial charge in [-0.3, -0.25) is 0 Å². The van der Waals surface area contributed by atoms with Gasteiger partial charge in [0.1, 0.15) is 11.2 Å². The molecule has 2 rings (SSSR count). The van der Waals surface area contributed by atoms with E-state index in [9.17, 15) is 4.79 Å². The third-order valence-electron chi connectivity index (χ3n) is 3.03. The lowest BCUT2D eigenvalue weighted by Crippen LogP contribution is -2.16. The molecule has 1 aromatic carbocycles. The Bertz CT molecular complexity index is 505. The Hall–Kier alpha value is -1.91. The molecule has 0 fully saturated rings. The Balaban J connectivity index is 2.79. The van der Waals surface area contributed by atoms with Crippen LogP contribution in [0.3, 0.4) is 0 Å². The van der Waals surface area contributed by atoms with E-state index >= 15 is 0 Å². The van der Waals surface area contributed by atoms with Gasteiger partial charge in [0.05, 0.1) is 21.3 Å². The lowest BCUT2D eigenvalue weighted by molar-refractivity contribution is 0.00941. The number of carbonyl (C=O) groups is 1. The number of ether oxygens (including phenoxy) is 4. The molecular weight excluding hydrogens is 236 g/mol. The minimum atomic E-state index is -0.695. The van der Waals surface area contributed by atoms with Gasteiger partial charge < -0.3 is 18.9 Å². The second kappa shape index (κ2) is 4.08. The number of esters is 1. The van der Waals surface area contributed by atoms with Crippen molar-refractivity contribution in [1.29, 1.82) is 0 Å². The van der Waals surface area contributed by atoms with E-state index in [1.165, 1.54) is 21.3 Å². The molecule has 5 heteroatoms. The Morgan fingerprint density at radius 3 is 2.17 bits per heavy atom. The summed E-state index contributed by atoms with van der Waals surface area (Å²) in [7, 11) is 4.52. The van der Waals surface area contributed by atoms with Crippen molar-refractivity contribution in [1.82, 2.24) is 0 Å². The molecule has 1 aliphatic rings. The molecule has 18 heavy (non-hydrogen) atoms. The number of carbonyl (C=O) groups excluding carboxylic acids is 1. The molecule has 0 amide bonds. The van der Waals surface area contributed by atoms with Gasteiger partial charge in [0.25, 0.3) is 0 Å². The summed E-state index contributed by atoms with van der Waals surface area (Å²) >= 11 is 0. The van der Waals surface area contributed by atoms with Crippen LogP contribution in [-0.2, 0) is 10.3 Å². The predicted octanol–water partition coefficient (Wildman–Crippen LogP) is 2.12. The molecule has 0 atom stereocenters. The van der Waals surface area contributed by atoms with Crippen LogP contribution < -0.4 is 14.2 Å². The highest BCUT2D eigenvalue weighted by molar-refractivity contribution is 5.99. The van der Waals surface area contributed by atoms with Gasteiger partial charge in [-0.2, -0.15) is 0 Å². The van der Waals surface area contributed by atoms with Crippen molar-refractivity contribution < 1.29 is 23.7 Å². The molecule has 0 aromatic heterocycles. The largest absolute Gasteiger partial charge is 0.493 e. The van der Waals surface area contributed by atoms with Crippen molar-refractivity contribution in [3.63, 3.8) is 0 Å². The van der Waals surface area contributed by atoms with Crippen LogP contribution in [0.2, 0.25) is 0 Å². The maximum atomic E-state index is 11.9. The van der Waals surface area contributed by atoms with Crippen molar-refractivity contribution in [2.24, 2.45) is 0 Å². The average molecular weight is 252 g/mol. The number of fused-ring (bicyclic) bond motifs is 1. The van der Waals surface area contributed by atoms with Crippen molar-refractivity contribution in [3.8, 4) is 17.2 Å². The molecule has 0 saturated carbocycles. The second-order valence-electron chi connectivity index (χ2n) is 4.47. The first-order valence-corrected chi connectivity index (χ1v) is 5.53. The summed E-state index contributed by atoms with van der Waals surface area (Å²) in [5, 5.41) is 0. The highest BCUT2D eigenvalue weighted by Crippen LogP contribution is 2.49. The first kappa shape index (κ1) is 12.5. The summed E-state index contributed by atoms with van der Waals surface area (Å²) < 4.78 is 21.1. The fourth-order valence-corrected chi connectivity index (χ4v) is 2.17. The quantitative estimate of drug-likeness (QED) is 0.771. The van der Waals surface area contributed by atoms with E-state index in [-0.39, 0.29) is 0 Å². The number of hydrogen-bond donors (Lipinski definition) is 0. The normalized spacial score (nSPS) is 15.9. The average Bonchev–Trinajstić information content (AvgIpc) is 2.57. The standard InChI is InChI=1S/C13H16O5/c1-13(2)7-6-8(15-3)10(16-4)11(17-5)9(7)12(14)18-13/h6H,1-5H3. The Labute approximate surface area is 106 Å². The van der Waals surface area contributed by atoms with Gasteiger partial charge in [-0.15, -0.1) is 0 Å². The maximum absolute atomic E-state index is 11.9. The zero-order valence-corrected chi connectivity index (χ0v) is 11.1. The van der Waals surface area contributed by atoms with Crippen LogP contribution in [0.4, 0.5) is 0 Å². The first-order chi connectivity index (χ1) is 8.46. The highest BCUT2D eigenvalue weighted by Gasteiger charge is 2.42. The van der Waals surface area contributed by atoms with Crippen LogP contribution in [0.5, 0.6) is 17.2 Å². The van der Waals surface area contributed by atoms with Crippen molar-refractivity contribution in [2.45, 2.75) is 19.4 Å². The molecule has 0 unspecified atom stereocenters. The van der Waals surface area contributed by atoms with Crippen LogP contribution in [0.15, 0.2) is 6.07 Å². The molecular formula is C13H16O5. The summed E-state index contributed by atoms with van der Waals surface area (Å²) in [5.41, 5.74) is 0.446. The van der Waals surface area contributed by atoms with Gasteiger partial charge >= 0.3 is 5.97 Å². The van der Waals surface area contributed by atoms with E-state index in [0.717, 1.165) is 5.56 Å². The molecule has 5 nitrogen and oxygen atoms in total. The van der Waals surface area contributed by atoms with Gasteiger partial charge in [-0.25, -0.2) is 4.79 Å². The molecule has 0 N–H and O–H groups in total. The van der Waals surface area contributed by atoms with E-state index in [1.54, 1.807) is 6.07 Å². The zero-order chi connectivity index (χ0) is 13.5. The van der Waals surface area contributed by atoms with Crippen LogP contribution >= 0.6 is 0 Å². The van der Waals surface area contributed by atoms with Gasteiger partial charge in [-0.1, -0.05) is 0 Å². The van der Waals surface area contributed by atoms with Gasteiger partial charge in [0.15, 0.2) is 11.5 Å². The number of cyclic esters (lactones) is 1. The van der Waals surface area contributed by atoms with Crippen LogP contribution in [0.25, 0.3) is 0 Å². The summed E-state index contributed by atoms with van der Waals surface area (Å²) in [6.07, 6.45) is 0. The van der Waals surface area contributed by atoms with Crippen molar-refractivity contribution in [3.05, 3.63) is 17.2 Å². The third-order valence-corrected chi connectivity index (χ3v) is 3.03. The van der Waals surface area contributed by atoms with Crippen LogP contribution in [-0.4, -0.2) is 27.3 Å². The summed E-state index contributed by atoms with van der Waals surface area (Å²) in [6.45, 7) is 3.64. The second-order valence-corrected chi connectivity index (χ2v) is 4.47. The van der Waals surface area contributed by atoms with Gasteiger partial charge in [-0.05, 0) is 19.9 Å². The maximum Gasteiger partial charge on any atom is 0.343 e. The lowest BCUT2D eigenvalue weighted by atomic mass is 9.94. The molecule has 0 saturated heterocycles. The summed E-state index contributed by atoms with van der Waals surface area (Å²) in [4.78, 5) is 11.9. The minimum Gasteiger partial charge on any atom is -0.493 e. The molecule has 1 aliphatic heterocycles. The summed E-state index contributed by atoms with van der Waals surface area (Å²) in [6, 6.07) is 1.75. The minimum absolute atomic E-state index is 0.349. The molecule has 1 aromatic rings.